The molecule has 0 saturated heterocycles. The van der Waals surface area contributed by atoms with Gasteiger partial charge in [0.2, 0.25) is 0 Å². The molecule has 0 spiro atoms. The van der Waals surface area contributed by atoms with Crippen molar-refractivity contribution in [3.63, 3.8) is 0 Å². The first-order valence-corrected chi connectivity index (χ1v) is 5.41. The molecule has 0 amide bonds. The summed E-state index contributed by atoms with van der Waals surface area (Å²) in [7, 11) is 0. The molecule has 6 nitrogen and oxygen atoms in total. The maximum Gasteiger partial charge on any atom is 0.271 e. The van der Waals surface area contributed by atoms with Gasteiger partial charge in [0.05, 0.1) is 15.6 Å². The van der Waals surface area contributed by atoms with E-state index < -0.39 is 4.92 Å². The molecule has 18 heavy (non-hydrogen) atoms. The van der Waals surface area contributed by atoms with Crippen LogP contribution in [0.5, 0.6) is 0 Å². The number of hydrazine groups is 1. The predicted molar refractivity (Wildman–Crippen MR) is 69.6 cm³/mol. The van der Waals surface area contributed by atoms with Gasteiger partial charge in [-0.2, -0.15) is 0 Å². The van der Waals surface area contributed by atoms with Crippen molar-refractivity contribution in [2.45, 2.75) is 0 Å². The van der Waals surface area contributed by atoms with E-state index in [0.717, 1.165) is 0 Å². The van der Waals surface area contributed by atoms with Gasteiger partial charge in [0.15, 0.2) is 5.82 Å². The second-order valence-electron chi connectivity index (χ2n) is 3.39. The van der Waals surface area contributed by atoms with E-state index in [1.807, 2.05) is 0 Å². The number of non-ortho nitro benzene ring substituents is 1. The lowest BCUT2D eigenvalue weighted by Crippen LogP contribution is -2.10. The van der Waals surface area contributed by atoms with Gasteiger partial charge in [-0.25, -0.2) is 4.98 Å². The van der Waals surface area contributed by atoms with Crippen LogP contribution in [0.15, 0.2) is 42.6 Å². The van der Waals surface area contributed by atoms with Crippen molar-refractivity contribution in [1.29, 1.82) is 0 Å². The Morgan fingerprint density at radius 1 is 1.22 bits per heavy atom. The highest BCUT2D eigenvalue weighted by molar-refractivity contribution is 6.32. The van der Waals surface area contributed by atoms with Gasteiger partial charge in [-0.1, -0.05) is 17.7 Å². The Bertz CT molecular complexity index is 576. The molecule has 0 atom stereocenters. The molecule has 2 aromatic rings. The summed E-state index contributed by atoms with van der Waals surface area (Å²) in [4.78, 5) is 14.2. The van der Waals surface area contributed by atoms with Crippen LogP contribution in [0.2, 0.25) is 5.02 Å². The minimum Gasteiger partial charge on any atom is -0.299 e. The fourth-order valence-electron chi connectivity index (χ4n) is 1.31. The van der Waals surface area contributed by atoms with Gasteiger partial charge < -0.3 is 0 Å². The normalized spacial score (nSPS) is 9.83. The third-order valence-electron chi connectivity index (χ3n) is 2.14. The van der Waals surface area contributed by atoms with Crippen molar-refractivity contribution in [2.24, 2.45) is 0 Å². The molecular formula is C11H9ClN4O2. The molecule has 0 unspecified atom stereocenters. The zero-order valence-electron chi connectivity index (χ0n) is 9.13. The standard InChI is InChI=1S/C11H9ClN4O2/c12-10-5-2-6-13-11(10)15-14-8-3-1-4-9(7-8)16(17)18/h1-7,14H,(H,13,15). The van der Waals surface area contributed by atoms with Crippen molar-refractivity contribution < 1.29 is 4.92 Å². The van der Waals surface area contributed by atoms with E-state index in [9.17, 15) is 10.1 Å². The average Bonchev–Trinajstić information content (AvgIpc) is 2.38. The van der Waals surface area contributed by atoms with E-state index in [2.05, 4.69) is 15.8 Å². The van der Waals surface area contributed by atoms with Crippen LogP contribution in [-0.2, 0) is 0 Å². The largest absolute Gasteiger partial charge is 0.299 e. The molecule has 2 rings (SSSR count). The lowest BCUT2D eigenvalue weighted by Gasteiger charge is -2.09. The molecule has 1 aromatic carbocycles. The molecule has 1 aromatic heterocycles. The quantitative estimate of drug-likeness (QED) is 0.655. The summed E-state index contributed by atoms with van der Waals surface area (Å²) in [5, 5.41) is 11.1. The number of pyridine rings is 1. The first-order chi connectivity index (χ1) is 8.66. The minimum atomic E-state index is -0.459. The number of nitro benzene ring substituents is 1. The van der Waals surface area contributed by atoms with Gasteiger partial charge in [0, 0.05) is 18.3 Å². The Kier molecular flexibility index (Phi) is 3.59. The molecule has 0 bridgehead atoms. The van der Waals surface area contributed by atoms with Crippen LogP contribution in [0.1, 0.15) is 0 Å². The number of aromatic nitrogens is 1. The lowest BCUT2D eigenvalue weighted by molar-refractivity contribution is -0.384. The molecule has 0 fully saturated rings. The number of benzene rings is 1. The van der Waals surface area contributed by atoms with E-state index in [4.69, 9.17) is 11.6 Å². The Morgan fingerprint density at radius 3 is 2.78 bits per heavy atom. The molecule has 0 aliphatic heterocycles. The smallest absolute Gasteiger partial charge is 0.271 e. The molecule has 0 aliphatic rings. The van der Waals surface area contributed by atoms with E-state index in [-0.39, 0.29) is 5.69 Å². The summed E-state index contributed by atoms with van der Waals surface area (Å²) in [5.41, 5.74) is 6.13. The van der Waals surface area contributed by atoms with Gasteiger partial charge in [-0.05, 0) is 18.2 Å². The van der Waals surface area contributed by atoms with E-state index in [1.165, 1.54) is 12.1 Å². The second kappa shape index (κ2) is 5.33. The average molecular weight is 265 g/mol. The molecule has 92 valence electrons. The maximum atomic E-state index is 10.6. The van der Waals surface area contributed by atoms with Crippen LogP contribution in [0, 0.1) is 10.1 Å². The van der Waals surface area contributed by atoms with Crippen LogP contribution in [-0.4, -0.2) is 9.91 Å². The number of nitrogens with one attached hydrogen (secondary N) is 2. The Hall–Kier alpha value is -2.34. The number of hydrogen-bond donors (Lipinski definition) is 2. The third kappa shape index (κ3) is 2.86. The van der Waals surface area contributed by atoms with Crippen LogP contribution < -0.4 is 10.9 Å². The SMILES string of the molecule is O=[N+]([O-])c1cccc(NNc2ncccc2Cl)c1. The van der Waals surface area contributed by atoms with Crippen LogP contribution >= 0.6 is 11.6 Å². The predicted octanol–water partition coefficient (Wildman–Crippen LogP) is 3.08. The first-order valence-electron chi connectivity index (χ1n) is 5.04. The topological polar surface area (TPSA) is 80.1 Å². The van der Waals surface area contributed by atoms with Crippen molar-refractivity contribution >= 4 is 28.8 Å². The number of anilines is 2. The lowest BCUT2D eigenvalue weighted by atomic mass is 10.3. The highest BCUT2D eigenvalue weighted by atomic mass is 35.5. The van der Waals surface area contributed by atoms with Gasteiger partial charge >= 0.3 is 0 Å². The van der Waals surface area contributed by atoms with Gasteiger partial charge in [0.1, 0.15) is 0 Å². The fraction of sp³-hybridized carbons (Fsp3) is 0. The number of halogens is 1. The van der Waals surface area contributed by atoms with Crippen molar-refractivity contribution in [3.8, 4) is 0 Å². The van der Waals surface area contributed by atoms with E-state index in [0.29, 0.717) is 16.5 Å². The Balaban J connectivity index is 2.09. The summed E-state index contributed by atoms with van der Waals surface area (Å²) in [5.74, 6) is 0.450. The zero-order valence-corrected chi connectivity index (χ0v) is 9.89. The molecular weight excluding hydrogens is 256 g/mol. The molecule has 0 aliphatic carbocycles. The summed E-state index contributed by atoms with van der Waals surface area (Å²) < 4.78 is 0. The van der Waals surface area contributed by atoms with Crippen LogP contribution in [0.25, 0.3) is 0 Å². The van der Waals surface area contributed by atoms with E-state index >= 15 is 0 Å². The highest BCUT2D eigenvalue weighted by Gasteiger charge is 2.05. The first kappa shape index (κ1) is 12.1. The molecule has 0 saturated carbocycles. The van der Waals surface area contributed by atoms with Gasteiger partial charge in [-0.15, -0.1) is 0 Å². The monoisotopic (exact) mass is 264 g/mol. The number of nitrogens with zero attached hydrogens (tertiary/aromatic N) is 2. The van der Waals surface area contributed by atoms with Crippen LogP contribution in [0.3, 0.4) is 0 Å². The number of rotatable bonds is 4. The fourth-order valence-corrected chi connectivity index (χ4v) is 1.48. The molecule has 7 heteroatoms. The Morgan fingerprint density at radius 2 is 2.06 bits per heavy atom. The minimum absolute atomic E-state index is 0.00826. The summed E-state index contributed by atoms with van der Waals surface area (Å²) in [6.07, 6.45) is 1.59. The summed E-state index contributed by atoms with van der Waals surface area (Å²) in [6.45, 7) is 0. The molecule has 1 heterocycles. The molecule has 2 N–H and O–H groups in total. The highest BCUT2D eigenvalue weighted by Crippen LogP contribution is 2.20. The zero-order chi connectivity index (χ0) is 13.0. The Labute approximate surface area is 108 Å². The number of nitro groups is 1. The van der Waals surface area contributed by atoms with Crippen molar-refractivity contribution in [3.05, 3.63) is 57.7 Å². The molecule has 0 radical (unpaired) electrons. The maximum absolute atomic E-state index is 10.6. The van der Waals surface area contributed by atoms with Gasteiger partial charge in [-0.3, -0.25) is 21.0 Å². The third-order valence-corrected chi connectivity index (χ3v) is 2.45. The summed E-state index contributed by atoms with van der Waals surface area (Å²) >= 11 is 5.90. The van der Waals surface area contributed by atoms with Crippen molar-refractivity contribution in [1.82, 2.24) is 4.98 Å². The van der Waals surface area contributed by atoms with Crippen LogP contribution in [0.4, 0.5) is 17.2 Å². The van der Waals surface area contributed by atoms with Crippen molar-refractivity contribution in [2.75, 3.05) is 10.9 Å². The second-order valence-corrected chi connectivity index (χ2v) is 3.80. The number of hydrogen-bond acceptors (Lipinski definition) is 5. The van der Waals surface area contributed by atoms with Gasteiger partial charge in [0.25, 0.3) is 5.69 Å². The van der Waals surface area contributed by atoms with E-state index in [1.54, 1.807) is 30.5 Å². The summed E-state index contributed by atoms with van der Waals surface area (Å²) in [6, 6.07) is 9.49.